The monoisotopic (exact) mass is 873 g/mol. The number of nitrogen functional groups attached to an aromatic ring is 1. The van der Waals surface area contributed by atoms with E-state index < -0.39 is 35.5 Å². The predicted molar refractivity (Wildman–Crippen MR) is 221 cm³/mol. The molecule has 0 aromatic heterocycles. The standard InChI is InChI=1S/C43H55ClF3N7O7/c44-34-25-28(24-33(39(34)48)43(45,46)47)26-36(61-42(59)53-19-12-32(13-20-53)54-21-11-31-4-1-2-5-35(31)49-41(54)58)40(57)52-17-9-30(10-18-52)29-7-15-50(16-8-29)27-38(56)60-23-22-51-14-3-6-37(51)55/h1-2,4-5,24-25,29-30,32,36H,3,6-23,26-27,48H2,(H,49,58)/t36-/m1/s1. The van der Waals surface area contributed by atoms with E-state index in [1.54, 1.807) is 14.7 Å². The number of likely N-dealkylation sites (tertiary alicyclic amines) is 4. The summed E-state index contributed by atoms with van der Waals surface area (Å²) < 4.78 is 53.1. The average Bonchev–Trinajstić information content (AvgIpc) is 3.57. The highest BCUT2D eigenvalue weighted by Gasteiger charge is 2.39. The van der Waals surface area contributed by atoms with E-state index in [1.165, 1.54) is 11.0 Å². The first-order valence-corrected chi connectivity index (χ1v) is 21.8. The van der Waals surface area contributed by atoms with Crippen LogP contribution < -0.4 is 11.1 Å². The molecule has 5 amide bonds. The summed E-state index contributed by atoms with van der Waals surface area (Å²) in [5.74, 6) is 0.0341. The minimum Gasteiger partial charge on any atom is -0.463 e. The van der Waals surface area contributed by atoms with Gasteiger partial charge >= 0.3 is 24.3 Å². The highest BCUT2D eigenvalue weighted by atomic mass is 35.5. The maximum atomic E-state index is 14.2. The fourth-order valence-electron chi connectivity index (χ4n) is 9.53. The lowest BCUT2D eigenvalue weighted by molar-refractivity contribution is -0.147. The Bertz CT molecular complexity index is 1930. The van der Waals surface area contributed by atoms with E-state index in [-0.39, 0.29) is 67.2 Å². The molecule has 0 unspecified atom stereocenters. The van der Waals surface area contributed by atoms with Gasteiger partial charge in [-0.3, -0.25) is 19.3 Å². The fourth-order valence-corrected chi connectivity index (χ4v) is 9.77. The first-order valence-electron chi connectivity index (χ1n) is 21.4. The van der Waals surface area contributed by atoms with E-state index in [4.69, 9.17) is 26.8 Å². The number of hydrogen-bond acceptors (Lipinski definition) is 9. The number of piperidine rings is 3. The largest absolute Gasteiger partial charge is 0.463 e. The third-order valence-corrected chi connectivity index (χ3v) is 13.4. The zero-order valence-corrected chi connectivity index (χ0v) is 35.1. The Morgan fingerprint density at radius 2 is 1.54 bits per heavy atom. The summed E-state index contributed by atoms with van der Waals surface area (Å²) in [4.78, 5) is 74.1. The second kappa shape index (κ2) is 19.5. The van der Waals surface area contributed by atoms with Crippen molar-refractivity contribution in [3.63, 3.8) is 0 Å². The van der Waals surface area contributed by atoms with Crippen molar-refractivity contribution in [3.05, 3.63) is 58.1 Å². The van der Waals surface area contributed by atoms with Crippen LogP contribution in [0.3, 0.4) is 0 Å². The summed E-state index contributed by atoms with van der Waals surface area (Å²) in [6, 6.07) is 9.45. The maximum Gasteiger partial charge on any atom is 0.418 e. The van der Waals surface area contributed by atoms with Crippen LogP contribution in [-0.4, -0.2) is 139 Å². The second-order valence-electron chi connectivity index (χ2n) is 16.8. The predicted octanol–water partition coefficient (Wildman–Crippen LogP) is 5.66. The average molecular weight is 874 g/mol. The van der Waals surface area contributed by atoms with Crippen molar-refractivity contribution >= 4 is 52.9 Å². The van der Waals surface area contributed by atoms with Crippen molar-refractivity contribution in [3.8, 4) is 0 Å². The molecule has 14 nitrogen and oxygen atoms in total. The Labute approximate surface area is 358 Å². The number of benzene rings is 2. The summed E-state index contributed by atoms with van der Waals surface area (Å²) in [5.41, 5.74) is 5.82. The lowest BCUT2D eigenvalue weighted by atomic mass is 9.78. The van der Waals surface area contributed by atoms with Crippen molar-refractivity contribution in [2.24, 2.45) is 11.8 Å². The smallest absolute Gasteiger partial charge is 0.418 e. The molecule has 1 atom stereocenters. The quantitative estimate of drug-likeness (QED) is 0.215. The van der Waals surface area contributed by atoms with Crippen molar-refractivity contribution in [1.82, 2.24) is 24.5 Å². The Morgan fingerprint density at radius 3 is 2.21 bits per heavy atom. The summed E-state index contributed by atoms with van der Waals surface area (Å²) in [7, 11) is 0. The van der Waals surface area contributed by atoms with Crippen LogP contribution in [0, 0.1) is 11.8 Å². The number of esters is 1. The molecule has 61 heavy (non-hydrogen) atoms. The van der Waals surface area contributed by atoms with Crippen LogP contribution in [0.4, 0.5) is 34.1 Å². The molecule has 0 spiro atoms. The normalized spacial score (nSPS) is 20.6. The molecule has 0 radical (unpaired) electrons. The van der Waals surface area contributed by atoms with E-state index in [0.717, 1.165) is 49.7 Å². The molecule has 4 fully saturated rings. The van der Waals surface area contributed by atoms with Gasteiger partial charge in [0.15, 0.2) is 6.10 Å². The number of amides is 5. The van der Waals surface area contributed by atoms with Crippen molar-refractivity contribution in [1.29, 1.82) is 0 Å². The first kappa shape index (κ1) is 44.3. The van der Waals surface area contributed by atoms with Crippen LogP contribution in [0.5, 0.6) is 0 Å². The number of ether oxygens (including phenoxy) is 2. The minimum atomic E-state index is -4.80. The number of rotatable bonds is 11. The fraction of sp³-hybridized carbons (Fsp3) is 0.605. The molecular weight excluding hydrogens is 819 g/mol. The number of fused-ring (bicyclic) bond motifs is 1. The van der Waals surface area contributed by atoms with Gasteiger partial charge in [-0.1, -0.05) is 29.8 Å². The Kier molecular flexibility index (Phi) is 14.2. The molecular formula is C43H55ClF3N7O7. The van der Waals surface area contributed by atoms with Gasteiger partial charge in [0.2, 0.25) is 5.91 Å². The Morgan fingerprint density at radius 1 is 0.869 bits per heavy atom. The number of nitrogens with zero attached hydrogens (tertiary/aromatic N) is 5. The van der Waals surface area contributed by atoms with Gasteiger partial charge in [-0.05, 0) is 106 Å². The molecule has 4 saturated heterocycles. The van der Waals surface area contributed by atoms with Crippen LogP contribution in [0.2, 0.25) is 5.02 Å². The molecule has 18 heteroatoms. The molecule has 5 heterocycles. The Hall–Kier alpha value is -4.77. The third kappa shape index (κ3) is 11.0. The zero-order chi connectivity index (χ0) is 43.3. The first-order chi connectivity index (χ1) is 29.2. The summed E-state index contributed by atoms with van der Waals surface area (Å²) >= 11 is 6.15. The van der Waals surface area contributed by atoms with Gasteiger partial charge in [-0.2, -0.15) is 13.2 Å². The van der Waals surface area contributed by atoms with Gasteiger partial charge in [-0.15, -0.1) is 0 Å². The van der Waals surface area contributed by atoms with Crippen LogP contribution in [0.15, 0.2) is 36.4 Å². The van der Waals surface area contributed by atoms with Crippen molar-refractivity contribution in [2.75, 3.05) is 83.1 Å². The highest BCUT2D eigenvalue weighted by Crippen LogP contribution is 2.39. The zero-order valence-electron chi connectivity index (χ0n) is 34.3. The molecule has 0 saturated carbocycles. The second-order valence-corrected chi connectivity index (χ2v) is 17.3. The van der Waals surface area contributed by atoms with E-state index in [9.17, 15) is 37.1 Å². The van der Waals surface area contributed by atoms with E-state index in [0.29, 0.717) is 83.1 Å². The molecule has 2 aromatic carbocycles. The number of nitrogens with two attached hydrogens (primary N) is 1. The number of alkyl halides is 3. The molecule has 5 aliphatic heterocycles. The van der Waals surface area contributed by atoms with Crippen molar-refractivity contribution < 1.29 is 46.6 Å². The molecule has 2 aromatic rings. The van der Waals surface area contributed by atoms with Crippen LogP contribution in [-0.2, 0) is 42.9 Å². The molecule has 0 aliphatic carbocycles. The van der Waals surface area contributed by atoms with Crippen LogP contribution in [0.25, 0.3) is 0 Å². The minimum absolute atomic E-state index is 0.0526. The number of hydrogen-bond donors (Lipinski definition) is 2. The number of para-hydroxylation sites is 1. The van der Waals surface area contributed by atoms with Crippen LogP contribution in [0.1, 0.15) is 68.1 Å². The topological polar surface area (TPSA) is 158 Å². The summed E-state index contributed by atoms with van der Waals surface area (Å²) in [6.45, 7) is 4.83. The SMILES string of the molecule is Nc1c(Cl)cc(C[C@@H](OC(=O)N2CCC(N3CCc4ccccc4NC3=O)CC2)C(=O)N2CCC(C3CCN(CC(=O)OCCN4CCCC4=O)CC3)CC2)cc1C(F)(F)F. The lowest BCUT2D eigenvalue weighted by Gasteiger charge is -2.41. The van der Waals surface area contributed by atoms with E-state index >= 15 is 0 Å². The molecule has 7 rings (SSSR count). The lowest BCUT2D eigenvalue weighted by Crippen LogP contribution is -2.52. The third-order valence-electron chi connectivity index (χ3n) is 13.0. The van der Waals surface area contributed by atoms with Gasteiger partial charge in [0, 0.05) is 63.8 Å². The summed E-state index contributed by atoms with van der Waals surface area (Å²) in [6.07, 6.45) is -1.07. The number of nitrogens with one attached hydrogen (secondary N) is 1. The van der Waals surface area contributed by atoms with E-state index in [2.05, 4.69) is 10.2 Å². The number of carbonyl (C=O) groups excluding carboxylic acids is 5. The molecule has 0 bridgehead atoms. The van der Waals surface area contributed by atoms with Gasteiger partial charge in [0.25, 0.3) is 5.91 Å². The molecule has 332 valence electrons. The van der Waals surface area contributed by atoms with Crippen LogP contribution >= 0.6 is 11.6 Å². The molecule has 5 aliphatic rings. The maximum absolute atomic E-state index is 14.2. The van der Waals surface area contributed by atoms with Crippen molar-refractivity contribution in [2.45, 2.75) is 82.5 Å². The molecule has 3 N–H and O–H groups in total. The number of halogens is 4. The Balaban J connectivity index is 0.928. The van der Waals surface area contributed by atoms with Gasteiger partial charge < -0.3 is 40.1 Å². The highest BCUT2D eigenvalue weighted by molar-refractivity contribution is 6.33. The van der Waals surface area contributed by atoms with Gasteiger partial charge in [0.05, 0.1) is 29.4 Å². The van der Waals surface area contributed by atoms with Gasteiger partial charge in [-0.25, -0.2) is 9.59 Å². The van der Waals surface area contributed by atoms with Gasteiger partial charge in [0.1, 0.15) is 6.61 Å². The van der Waals surface area contributed by atoms with E-state index in [1.807, 2.05) is 24.3 Å². The summed E-state index contributed by atoms with van der Waals surface area (Å²) in [5, 5.41) is 2.67. The number of anilines is 2. The number of carbonyl (C=O) groups is 5. The number of urea groups is 1.